The molecule has 1 aliphatic carbocycles. The summed E-state index contributed by atoms with van der Waals surface area (Å²) in [7, 11) is 1.82. The van der Waals surface area contributed by atoms with Gasteiger partial charge in [0.25, 0.3) is 0 Å². The van der Waals surface area contributed by atoms with Crippen LogP contribution in [-0.2, 0) is 4.79 Å². The maximum absolute atomic E-state index is 12.0. The molecule has 1 aliphatic rings. The number of amides is 1. The molecular formula is C14H28N2O. The molecule has 0 atom stereocenters. The summed E-state index contributed by atoms with van der Waals surface area (Å²) in [5.41, 5.74) is -0.262. The van der Waals surface area contributed by atoms with Crippen LogP contribution in [0, 0.1) is 11.3 Å². The van der Waals surface area contributed by atoms with Gasteiger partial charge in [0.1, 0.15) is 0 Å². The van der Waals surface area contributed by atoms with Gasteiger partial charge in [0.2, 0.25) is 5.91 Å². The molecule has 0 unspecified atom stereocenters. The fourth-order valence-electron chi connectivity index (χ4n) is 2.49. The van der Waals surface area contributed by atoms with E-state index in [1.54, 1.807) is 0 Å². The summed E-state index contributed by atoms with van der Waals surface area (Å²) in [6, 6.07) is 0. The Morgan fingerprint density at radius 3 is 2.18 bits per heavy atom. The average Bonchev–Trinajstić information content (AvgIpc) is 2.80. The lowest BCUT2D eigenvalue weighted by Crippen LogP contribution is -2.53. The zero-order chi connectivity index (χ0) is 13.1. The predicted octanol–water partition coefficient (Wildman–Crippen LogP) is 2.32. The quantitative estimate of drug-likeness (QED) is 0.774. The fraction of sp³-hybridized carbons (Fsp3) is 0.929. The van der Waals surface area contributed by atoms with Crippen molar-refractivity contribution in [2.45, 2.75) is 58.9 Å². The molecule has 0 aromatic heterocycles. The van der Waals surface area contributed by atoms with Gasteiger partial charge < -0.3 is 10.6 Å². The van der Waals surface area contributed by atoms with Crippen molar-refractivity contribution in [3.63, 3.8) is 0 Å². The molecule has 1 fully saturated rings. The van der Waals surface area contributed by atoms with Crippen LogP contribution in [0.2, 0.25) is 0 Å². The summed E-state index contributed by atoms with van der Waals surface area (Å²) in [6.45, 7) is 9.14. The van der Waals surface area contributed by atoms with Crippen molar-refractivity contribution in [3.8, 4) is 0 Å². The van der Waals surface area contributed by atoms with Crippen LogP contribution < -0.4 is 10.6 Å². The van der Waals surface area contributed by atoms with Crippen LogP contribution in [0.25, 0.3) is 0 Å². The standard InChI is InChI=1S/C14H28N2O/c1-13(2,11-8-6-7-9-11)10-16-12(17)14(3,4)15-5/h11,15H,6-10H2,1-5H3,(H,16,17). The molecule has 2 N–H and O–H groups in total. The molecule has 1 saturated carbocycles. The van der Waals surface area contributed by atoms with Crippen LogP contribution >= 0.6 is 0 Å². The highest BCUT2D eigenvalue weighted by molar-refractivity contribution is 5.85. The molecule has 0 aliphatic heterocycles. The number of carbonyl (C=O) groups excluding carboxylic acids is 1. The van der Waals surface area contributed by atoms with Crippen LogP contribution in [0.15, 0.2) is 0 Å². The van der Waals surface area contributed by atoms with E-state index in [2.05, 4.69) is 24.5 Å². The molecule has 1 amide bonds. The second-order valence-electron chi connectivity index (χ2n) is 6.53. The molecule has 1 rings (SSSR count). The van der Waals surface area contributed by atoms with Crippen molar-refractivity contribution >= 4 is 5.91 Å². The van der Waals surface area contributed by atoms with Crippen molar-refractivity contribution < 1.29 is 4.79 Å². The van der Waals surface area contributed by atoms with Crippen LogP contribution in [0.5, 0.6) is 0 Å². The summed E-state index contributed by atoms with van der Waals surface area (Å²) in [5.74, 6) is 0.853. The molecule has 0 aromatic rings. The van der Waals surface area contributed by atoms with E-state index in [9.17, 15) is 4.79 Å². The highest BCUT2D eigenvalue weighted by Gasteiger charge is 2.33. The highest BCUT2D eigenvalue weighted by Crippen LogP contribution is 2.39. The van der Waals surface area contributed by atoms with Gasteiger partial charge >= 0.3 is 0 Å². The molecule has 3 nitrogen and oxygen atoms in total. The normalized spacial score (nSPS) is 18.4. The van der Waals surface area contributed by atoms with Gasteiger partial charge in [-0.15, -0.1) is 0 Å². The lowest BCUT2D eigenvalue weighted by Gasteiger charge is -2.33. The zero-order valence-electron chi connectivity index (χ0n) is 12.0. The summed E-state index contributed by atoms with van der Waals surface area (Å²) >= 11 is 0. The molecule has 3 heteroatoms. The van der Waals surface area contributed by atoms with Gasteiger partial charge in [-0.05, 0) is 45.1 Å². The number of likely N-dealkylation sites (N-methyl/N-ethyl adjacent to an activating group) is 1. The minimum Gasteiger partial charge on any atom is -0.354 e. The third-order valence-corrected chi connectivity index (χ3v) is 4.36. The molecule has 0 heterocycles. The zero-order valence-corrected chi connectivity index (χ0v) is 12.0. The largest absolute Gasteiger partial charge is 0.354 e. The summed E-state index contributed by atoms with van der Waals surface area (Å²) in [4.78, 5) is 12.0. The molecular weight excluding hydrogens is 212 g/mol. The third-order valence-electron chi connectivity index (χ3n) is 4.36. The monoisotopic (exact) mass is 240 g/mol. The topological polar surface area (TPSA) is 41.1 Å². The Bertz CT molecular complexity index is 265. The van der Waals surface area contributed by atoms with Crippen molar-refractivity contribution in [2.24, 2.45) is 11.3 Å². The molecule has 0 bridgehead atoms. The third kappa shape index (κ3) is 3.70. The molecule has 0 aromatic carbocycles. The Labute approximate surface area is 106 Å². The summed E-state index contributed by atoms with van der Waals surface area (Å²) < 4.78 is 0. The van der Waals surface area contributed by atoms with E-state index in [1.807, 2.05) is 20.9 Å². The predicted molar refractivity (Wildman–Crippen MR) is 71.9 cm³/mol. The first-order valence-corrected chi connectivity index (χ1v) is 6.77. The van der Waals surface area contributed by atoms with E-state index in [0.29, 0.717) is 0 Å². The van der Waals surface area contributed by atoms with E-state index >= 15 is 0 Å². The van der Waals surface area contributed by atoms with E-state index in [0.717, 1.165) is 12.5 Å². The van der Waals surface area contributed by atoms with Gasteiger partial charge in [0, 0.05) is 6.54 Å². The van der Waals surface area contributed by atoms with Gasteiger partial charge in [0.15, 0.2) is 0 Å². The number of carbonyl (C=O) groups is 1. The first-order chi connectivity index (χ1) is 7.79. The molecule has 0 spiro atoms. The number of rotatable bonds is 5. The summed E-state index contributed by atoms with van der Waals surface area (Å²) in [5, 5.41) is 6.12. The molecule has 0 radical (unpaired) electrons. The minimum atomic E-state index is -0.480. The number of hydrogen-bond donors (Lipinski definition) is 2. The van der Waals surface area contributed by atoms with Gasteiger partial charge in [-0.25, -0.2) is 0 Å². The Balaban J connectivity index is 2.46. The van der Waals surface area contributed by atoms with Crippen LogP contribution in [0.3, 0.4) is 0 Å². The van der Waals surface area contributed by atoms with E-state index in [1.165, 1.54) is 25.7 Å². The van der Waals surface area contributed by atoms with Crippen molar-refractivity contribution in [1.29, 1.82) is 0 Å². The Hall–Kier alpha value is -0.570. The Morgan fingerprint density at radius 1 is 1.18 bits per heavy atom. The number of hydrogen-bond acceptors (Lipinski definition) is 2. The van der Waals surface area contributed by atoms with Crippen molar-refractivity contribution in [2.75, 3.05) is 13.6 Å². The van der Waals surface area contributed by atoms with E-state index < -0.39 is 5.54 Å². The average molecular weight is 240 g/mol. The van der Waals surface area contributed by atoms with Crippen LogP contribution in [0.1, 0.15) is 53.4 Å². The molecule has 0 saturated heterocycles. The van der Waals surface area contributed by atoms with Crippen LogP contribution in [-0.4, -0.2) is 25.0 Å². The van der Waals surface area contributed by atoms with Gasteiger partial charge in [-0.3, -0.25) is 4.79 Å². The Morgan fingerprint density at radius 2 is 1.71 bits per heavy atom. The van der Waals surface area contributed by atoms with Gasteiger partial charge in [-0.2, -0.15) is 0 Å². The smallest absolute Gasteiger partial charge is 0.239 e. The highest BCUT2D eigenvalue weighted by atomic mass is 16.2. The second-order valence-corrected chi connectivity index (χ2v) is 6.53. The van der Waals surface area contributed by atoms with E-state index in [4.69, 9.17) is 0 Å². The van der Waals surface area contributed by atoms with Crippen LogP contribution in [0.4, 0.5) is 0 Å². The molecule has 100 valence electrons. The Kier molecular flexibility index (Phi) is 4.59. The first-order valence-electron chi connectivity index (χ1n) is 6.77. The van der Waals surface area contributed by atoms with Crippen molar-refractivity contribution in [3.05, 3.63) is 0 Å². The van der Waals surface area contributed by atoms with Crippen molar-refractivity contribution in [1.82, 2.24) is 10.6 Å². The van der Waals surface area contributed by atoms with Gasteiger partial charge in [0.05, 0.1) is 5.54 Å². The maximum atomic E-state index is 12.0. The maximum Gasteiger partial charge on any atom is 0.239 e. The summed E-state index contributed by atoms with van der Waals surface area (Å²) in [6.07, 6.45) is 5.34. The number of nitrogens with one attached hydrogen (secondary N) is 2. The van der Waals surface area contributed by atoms with Gasteiger partial charge in [-0.1, -0.05) is 26.7 Å². The SMILES string of the molecule is CNC(C)(C)C(=O)NCC(C)(C)C1CCCC1. The lowest BCUT2D eigenvalue weighted by molar-refractivity contribution is -0.126. The first kappa shape index (κ1) is 14.5. The lowest BCUT2D eigenvalue weighted by atomic mass is 9.77. The van der Waals surface area contributed by atoms with E-state index in [-0.39, 0.29) is 11.3 Å². The fourth-order valence-corrected chi connectivity index (χ4v) is 2.49. The minimum absolute atomic E-state index is 0.0890. The second kappa shape index (κ2) is 5.38. The molecule has 17 heavy (non-hydrogen) atoms.